The van der Waals surface area contributed by atoms with E-state index in [1.54, 1.807) is 0 Å². The molecule has 0 aromatic heterocycles. The summed E-state index contributed by atoms with van der Waals surface area (Å²) >= 11 is 0. The Morgan fingerprint density at radius 1 is 1.14 bits per heavy atom. The minimum atomic E-state index is -1.07. The molecule has 2 aromatic carbocycles. The number of amides is 1. The summed E-state index contributed by atoms with van der Waals surface area (Å²) in [5, 5.41) is 2.41. The number of ether oxygens (including phenoxy) is 2. The van der Waals surface area contributed by atoms with Crippen molar-refractivity contribution in [3.05, 3.63) is 65.2 Å². The molecule has 0 saturated carbocycles. The van der Waals surface area contributed by atoms with Crippen molar-refractivity contribution in [2.75, 3.05) is 6.61 Å². The Morgan fingerprint density at radius 2 is 1.91 bits per heavy atom. The number of hydrogen-bond donors (Lipinski definition) is 1. The minimum Gasteiger partial charge on any atom is -0.486 e. The molecule has 1 saturated heterocycles. The first-order valence-corrected chi connectivity index (χ1v) is 6.73. The molecule has 1 N–H and O–H groups in total. The van der Waals surface area contributed by atoms with Crippen LogP contribution in [0.15, 0.2) is 42.5 Å². The molecular formula is C16H13F2NO3. The normalized spacial score (nSPS) is 17.0. The van der Waals surface area contributed by atoms with Crippen molar-refractivity contribution in [3.8, 4) is 5.75 Å². The fraction of sp³-hybridized carbons (Fsp3) is 0.188. The summed E-state index contributed by atoms with van der Waals surface area (Å²) < 4.78 is 38.2. The maximum absolute atomic E-state index is 14.1. The van der Waals surface area contributed by atoms with Gasteiger partial charge in [0.1, 0.15) is 13.2 Å². The third kappa shape index (κ3) is 2.86. The molecule has 1 fully saturated rings. The van der Waals surface area contributed by atoms with Gasteiger partial charge in [0.15, 0.2) is 11.6 Å². The summed E-state index contributed by atoms with van der Waals surface area (Å²) in [5.41, 5.74) is 0.887. The lowest BCUT2D eigenvalue weighted by Gasteiger charge is -2.13. The lowest BCUT2D eigenvalue weighted by molar-refractivity contribution is 0.176. The highest BCUT2D eigenvalue weighted by molar-refractivity contribution is 5.70. The van der Waals surface area contributed by atoms with Crippen LogP contribution in [0.3, 0.4) is 0 Å². The standard InChI is InChI=1S/C16H13F2NO3/c17-14-11(12-9-22-16(20)19-12)6-7-13(15(14)18)21-8-10-4-2-1-3-5-10/h1-7,12H,8-9H2,(H,19,20)/t12-/m1/s1. The van der Waals surface area contributed by atoms with Gasteiger partial charge in [0.2, 0.25) is 5.82 Å². The molecule has 1 atom stereocenters. The average molecular weight is 305 g/mol. The molecule has 1 amide bonds. The molecule has 0 unspecified atom stereocenters. The van der Waals surface area contributed by atoms with Gasteiger partial charge in [0, 0.05) is 5.56 Å². The Bertz CT molecular complexity index is 691. The molecular weight excluding hydrogens is 292 g/mol. The van der Waals surface area contributed by atoms with Gasteiger partial charge >= 0.3 is 6.09 Å². The quantitative estimate of drug-likeness (QED) is 0.942. The van der Waals surface area contributed by atoms with E-state index in [9.17, 15) is 13.6 Å². The maximum atomic E-state index is 14.1. The van der Waals surface area contributed by atoms with E-state index in [1.165, 1.54) is 12.1 Å². The first kappa shape index (κ1) is 14.3. The number of rotatable bonds is 4. The Balaban J connectivity index is 1.76. The van der Waals surface area contributed by atoms with Crippen LogP contribution in [-0.4, -0.2) is 12.7 Å². The van der Waals surface area contributed by atoms with Crippen LogP contribution >= 0.6 is 0 Å². The molecule has 0 aliphatic carbocycles. The van der Waals surface area contributed by atoms with E-state index in [1.807, 2.05) is 30.3 Å². The SMILES string of the molecule is O=C1N[C@@H](c2ccc(OCc3ccccc3)c(F)c2F)CO1. The molecule has 3 rings (SSSR count). The van der Waals surface area contributed by atoms with Crippen LogP contribution in [0.25, 0.3) is 0 Å². The van der Waals surface area contributed by atoms with E-state index in [-0.39, 0.29) is 24.5 Å². The van der Waals surface area contributed by atoms with Crippen molar-refractivity contribution in [1.29, 1.82) is 0 Å². The zero-order valence-electron chi connectivity index (χ0n) is 11.5. The fourth-order valence-corrected chi connectivity index (χ4v) is 2.21. The maximum Gasteiger partial charge on any atom is 0.407 e. The van der Waals surface area contributed by atoms with Gasteiger partial charge < -0.3 is 14.8 Å². The molecule has 1 aliphatic rings. The van der Waals surface area contributed by atoms with Crippen LogP contribution in [0.1, 0.15) is 17.2 Å². The van der Waals surface area contributed by atoms with Gasteiger partial charge in [-0.2, -0.15) is 4.39 Å². The molecule has 0 spiro atoms. The first-order chi connectivity index (χ1) is 10.6. The number of alkyl carbamates (subject to hydrolysis) is 1. The van der Waals surface area contributed by atoms with Crippen molar-refractivity contribution in [3.63, 3.8) is 0 Å². The minimum absolute atomic E-state index is 0.0284. The van der Waals surface area contributed by atoms with Gasteiger partial charge in [-0.1, -0.05) is 30.3 Å². The van der Waals surface area contributed by atoms with Crippen LogP contribution in [0.5, 0.6) is 5.75 Å². The molecule has 114 valence electrons. The van der Waals surface area contributed by atoms with E-state index in [4.69, 9.17) is 4.74 Å². The van der Waals surface area contributed by atoms with Crippen molar-refractivity contribution in [1.82, 2.24) is 5.32 Å². The van der Waals surface area contributed by atoms with E-state index < -0.39 is 23.8 Å². The highest BCUT2D eigenvalue weighted by Gasteiger charge is 2.28. The summed E-state index contributed by atoms with van der Waals surface area (Å²) in [6.45, 7) is 0.110. The van der Waals surface area contributed by atoms with Gasteiger partial charge in [-0.25, -0.2) is 9.18 Å². The Hall–Kier alpha value is -2.63. The molecule has 1 aliphatic heterocycles. The van der Waals surface area contributed by atoms with Gasteiger partial charge in [-0.05, 0) is 17.7 Å². The summed E-state index contributed by atoms with van der Waals surface area (Å²) in [5.74, 6) is -2.29. The predicted octanol–water partition coefficient (Wildman–Crippen LogP) is 3.32. The van der Waals surface area contributed by atoms with Crippen molar-refractivity contribution in [2.24, 2.45) is 0 Å². The molecule has 22 heavy (non-hydrogen) atoms. The number of benzene rings is 2. The van der Waals surface area contributed by atoms with Crippen molar-refractivity contribution >= 4 is 6.09 Å². The highest BCUT2D eigenvalue weighted by atomic mass is 19.2. The van der Waals surface area contributed by atoms with Crippen molar-refractivity contribution < 1.29 is 23.0 Å². The smallest absolute Gasteiger partial charge is 0.407 e. The first-order valence-electron chi connectivity index (χ1n) is 6.73. The van der Waals surface area contributed by atoms with E-state index in [0.29, 0.717) is 0 Å². The van der Waals surface area contributed by atoms with Crippen molar-refractivity contribution in [2.45, 2.75) is 12.6 Å². The summed E-state index contributed by atoms with van der Waals surface area (Å²) in [6, 6.07) is 11.2. The van der Waals surface area contributed by atoms with E-state index in [0.717, 1.165) is 5.56 Å². The summed E-state index contributed by atoms with van der Waals surface area (Å²) in [4.78, 5) is 11.0. The zero-order chi connectivity index (χ0) is 15.5. The fourth-order valence-electron chi connectivity index (χ4n) is 2.21. The Morgan fingerprint density at radius 3 is 2.59 bits per heavy atom. The third-order valence-electron chi connectivity index (χ3n) is 3.36. The van der Waals surface area contributed by atoms with E-state index >= 15 is 0 Å². The van der Waals surface area contributed by atoms with Crippen LogP contribution in [0, 0.1) is 11.6 Å². The zero-order valence-corrected chi connectivity index (χ0v) is 11.5. The molecule has 1 heterocycles. The number of carbonyl (C=O) groups excluding carboxylic acids is 1. The third-order valence-corrected chi connectivity index (χ3v) is 3.36. The van der Waals surface area contributed by atoms with Gasteiger partial charge in [0.25, 0.3) is 0 Å². The van der Waals surface area contributed by atoms with Crippen LogP contribution in [0.4, 0.5) is 13.6 Å². The van der Waals surface area contributed by atoms with Crippen LogP contribution < -0.4 is 10.1 Å². The average Bonchev–Trinajstić information content (AvgIpc) is 2.96. The van der Waals surface area contributed by atoms with Crippen LogP contribution in [0.2, 0.25) is 0 Å². The number of hydrogen-bond acceptors (Lipinski definition) is 3. The molecule has 0 bridgehead atoms. The molecule has 4 nitrogen and oxygen atoms in total. The highest BCUT2D eigenvalue weighted by Crippen LogP contribution is 2.28. The number of halogens is 2. The Labute approximate surface area is 125 Å². The van der Waals surface area contributed by atoms with E-state index in [2.05, 4.69) is 10.1 Å². The monoisotopic (exact) mass is 305 g/mol. The lowest BCUT2D eigenvalue weighted by Crippen LogP contribution is -2.20. The predicted molar refractivity (Wildman–Crippen MR) is 74.4 cm³/mol. The largest absolute Gasteiger partial charge is 0.486 e. The second-order valence-electron chi connectivity index (χ2n) is 4.85. The summed E-state index contributed by atoms with van der Waals surface area (Å²) in [6.07, 6.45) is -0.644. The summed E-state index contributed by atoms with van der Waals surface area (Å²) in [7, 11) is 0. The second kappa shape index (κ2) is 6.01. The number of cyclic esters (lactones) is 1. The Kier molecular flexibility index (Phi) is 3.91. The van der Waals surface area contributed by atoms with Gasteiger partial charge in [-0.15, -0.1) is 0 Å². The number of nitrogens with one attached hydrogen (secondary N) is 1. The van der Waals surface area contributed by atoms with Crippen LogP contribution in [-0.2, 0) is 11.3 Å². The molecule has 2 aromatic rings. The topological polar surface area (TPSA) is 47.6 Å². The van der Waals surface area contributed by atoms with Gasteiger partial charge in [-0.3, -0.25) is 0 Å². The molecule has 6 heteroatoms. The number of carbonyl (C=O) groups is 1. The second-order valence-corrected chi connectivity index (χ2v) is 4.85. The van der Waals surface area contributed by atoms with Gasteiger partial charge in [0.05, 0.1) is 6.04 Å². The lowest BCUT2D eigenvalue weighted by atomic mass is 10.1. The molecule has 0 radical (unpaired) electrons.